The van der Waals surface area contributed by atoms with Gasteiger partial charge in [-0.25, -0.2) is 4.79 Å². The molecule has 8 heteroatoms. The molecule has 1 aliphatic heterocycles. The van der Waals surface area contributed by atoms with Crippen molar-refractivity contribution in [2.75, 3.05) is 0 Å². The van der Waals surface area contributed by atoms with E-state index in [1.54, 1.807) is 35.6 Å². The van der Waals surface area contributed by atoms with Gasteiger partial charge < -0.3 is 15.2 Å². The lowest BCUT2D eigenvalue weighted by Crippen LogP contribution is -2.47. The molecular weight excluding hydrogens is 504 g/mol. The molecular formula is C32H38N4O4. The zero-order chi connectivity index (χ0) is 28.3. The van der Waals surface area contributed by atoms with Gasteiger partial charge in [0.2, 0.25) is 0 Å². The van der Waals surface area contributed by atoms with Gasteiger partial charge in [-0.3, -0.25) is 19.7 Å². The van der Waals surface area contributed by atoms with Crippen LogP contribution in [0.5, 0.6) is 0 Å². The van der Waals surface area contributed by atoms with Gasteiger partial charge in [0.15, 0.2) is 0 Å². The third-order valence-corrected chi connectivity index (χ3v) is 7.52. The number of ether oxygens (including phenoxy) is 1. The standard InChI is InChI=1S/C32H38N4O4/c1-32(2,3)40-31(39)36-26(13-15-28(36)29(37)25-12-14-27(34-20-25)23-10-11-23)17-21-6-8-24(9-7-21)30(38)35-19-22-5-4-16-33-18-22/h4-9,12,14,16,18,20,23,26,28-29,37H,10-11,13,15,17,19H2,1-3H3,(H,35,38). The third-order valence-electron chi connectivity index (χ3n) is 7.52. The maximum atomic E-state index is 13.4. The summed E-state index contributed by atoms with van der Waals surface area (Å²) in [5, 5.41) is 14.3. The average Bonchev–Trinajstić information content (AvgIpc) is 3.71. The maximum Gasteiger partial charge on any atom is 0.410 e. The Morgan fingerprint density at radius 1 is 1.02 bits per heavy atom. The van der Waals surface area contributed by atoms with E-state index in [1.807, 2.05) is 57.2 Å². The molecule has 0 bridgehead atoms. The molecule has 2 aromatic heterocycles. The Morgan fingerprint density at radius 3 is 2.42 bits per heavy atom. The van der Waals surface area contributed by atoms with Crippen LogP contribution in [-0.2, 0) is 17.7 Å². The Balaban J connectivity index is 1.27. The first-order chi connectivity index (χ1) is 19.2. The van der Waals surface area contributed by atoms with Crippen molar-refractivity contribution in [3.05, 3.63) is 95.1 Å². The van der Waals surface area contributed by atoms with E-state index in [4.69, 9.17) is 4.74 Å². The molecule has 3 unspecified atom stereocenters. The van der Waals surface area contributed by atoms with E-state index in [-0.39, 0.29) is 11.9 Å². The fourth-order valence-corrected chi connectivity index (χ4v) is 5.31. The Hall–Kier alpha value is -3.78. The molecule has 210 valence electrons. The summed E-state index contributed by atoms with van der Waals surface area (Å²) < 4.78 is 5.78. The molecule has 3 atom stereocenters. The van der Waals surface area contributed by atoms with Gasteiger partial charge >= 0.3 is 6.09 Å². The number of carbonyl (C=O) groups is 2. The third kappa shape index (κ3) is 6.86. The topological polar surface area (TPSA) is 105 Å². The normalized spacial score (nSPS) is 19.8. The van der Waals surface area contributed by atoms with Crippen molar-refractivity contribution in [1.82, 2.24) is 20.2 Å². The quantitative estimate of drug-likeness (QED) is 0.399. The predicted octanol–water partition coefficient (Wildman–Crippen LogP) is 5.33. The zero-order valence-electron chi connectivity index (χ0n) is 23.4. The maximum absolute atomic E-state index is 13.4. The highest BCUT2D eigenvalue weighted by molar-refractivity contribution is 5.94. The van der Waals surface area contributed by atoms with Crippen molar-refractivity contribution in [2.45, 2.75) is 89.1 Å². The number of pyridine rings is 2. The van der Waals surface area contributed by atoms with E-state index in [1.165, 1.54) is 12.8 Å². The number of rotatable bonds is 8. The molecule has 2 aliphatic rings. The number of aliphatic hydroxyl groups excluding tert-OH is 1. The fraction of sp³-hybridized carbons (Fsp3) is 0.438. The summed E-state index contributed by atoms with van der Waals surface area (Å²) in [7, 11) is 0. The number of nitrogens with zero attached hydrogens (tertiary/aromatic N) is 3. The smallest absolute Gasteiger partial charge is 0.410 e. The molecule has 1 aliphatic carbocycles. The molecule has 5 rings (SSSR count). The summed E-state index contributed by atoms with van der Waals surface area (Å²) in [6.07, 6.45) is 8.22. The van der Waals surface area contributed by atoms with Gasteiger partial charge in [-0.1, -0.05) is 24.3 Å². The van der Waals surface area contributed by atoms with E-state index in [0.717, 1.165) is 23.2 Å². The molecule has 0 spiro atoms. The van der Waals surface area contributed by atoms with Crippen LogP contribution in [0.2, 0.25) is 0 Å². The van der Waals surface area contributed by atoms with Crippen LogP contribution in [-0.4, -0.2) is 49.7 Å². The SMILES string of the molecule is CC(C)(C)OC(=O)N1C(Cc2ccc(C(=O)NCc3cccnc3)cc2)CCC1C(O)c1ccc(C2CC2)nc1. The van der Waals surface area contributed by atoms with Gasteiger partial charge in [0.1, 0.15) is 11.7 Å². The van der Waals surface area contributed by atoms with Crippen LogP contribution in [0, 0.1) is 0 Å². The van der Waals surface area contributed by atoms with Crippen LogP contribution >= 0.6 is 0 Å². The van der Waals surface area contributed by atoms with Crippen LogP contribution in [0.1, 0.15) is 91.2 Å². The molecule has 0 radical (unpaired) electrons. The van der Waals surface area contributed by atoms with E-state index in [0.29, 0.717) is 36.4 Å². The summed E-state index contributed by atoms with van der Waals surface area (Å²) in [4.78, 5) is 36.4. The second-order valence-corrected chi connectivity index (χ2v) is 11.9. The Labute approximate surface area is 235 Å². The van der Waals surface area contributed by atoms with Gasteiger partial charge in [0.25, 0.3) is 5.91 Å². The molecule has 8 nitrogen and oxygen atoms in total. The highest BCUT2D eigenvalue weighted by Gasteiger charge is 2.43. The van der Waals surface area contributed by atoms with Gasteiger partial charge in [0.05, 0.1) is 6.04 Å². The molecule has 2 fully saturated rings. The molecule has 1 aromatic carbocycles. The lowest BCUT2D eigenvalue weighted by molar-refractivity contribution is -0.00459. The molecule has 3 aromatic rings. The first-order valence-corrected chi connectivity index (χ1v) is 14.1. The number of benzene rings is 1. The average molecular weight is 543 g/mol. The van der Waals surface area contributed by atoms with Crippen molar-refractivity contribution in [1.29, 1.82) is 0 Å². The lowest BCUT2D eigenvalue weighted by atomic mass is 10.0. The minimum Gasteiger partial charge on any atom is -0.444 e. The van der Waals surface area contributed by atoms with Crippen molar-refractivity contribution < 1.29 is 19.4 Å². The molecule has 1 saturated heterocycles. The molecule has 2 N–H and O–H groups in total. The minimum atomic E-state index is -0.857. The molecule has 40 heavy (non-hydrogen) atoms. The number of carbonyl (C=O) groups excluding carboxylic acids is 2. The van der Waals surface area contributed by atoms with Gasteiger partial charge in [-0.2, -0.15) is 0 Å². The van der Waals surface area contributed by atoms with E-state index in [2.05, 4.69) is 15.3 Å². The van der Waals surface area contributed by atoms with Gasteiger partial charge in [-0.05, 0) is 88.3 Å². The summed E-state index contributed by atoms with van der Waals surface area (Å²) in [5.74, 6) is 0.384. The van der Waals surface area contributed by atoms with Gasteiger partial charge in [-0.15, -0.1) is 0 Å². The second kappa shape index (κ2) is 11.8. The van der Waals surface area contributed by atoms with Crippen molar-refractivity contribution in [3.63, 3.8) is 0 Å². The fourth-order valence-electron chi connectivity index (χ4n) is 5.31. The van der Waals surface area contributed by atoms with Crippen LogP contribution in [0.25, 0.3) is 0 Å². The highest BCUT2D eigenvalue weighted by Crippen LogP contribution is 2.40. The Kier molecular flexibility index (Phi) is 8.17. The summed E-state index contributed by atoms with van der Waals surface area (Å²) in [6.45, 7) is 5.95. The van der Waals surface area contributed by atoms with Crippen LogP contribution in [0.4, 0.5) is 4.79 Å². The van der Waals surface area contributed by atoms with Crippen LogP contribution in [0.3, 0.4) is 0 Å². The molecule has 3 heterocycles. The van der Waals surface area contributed by atoms with Crippen molar-refractivity contribution in [2.24, 2.45) is 0 Å². The molecule has 2 amide bonds. The van der Waals surface area contributed by atoms with Crippen molar-refractivity contribution >= 4 is 12.0 Å². The number of aromatic nitrogens is 2. The summed E-state index contributed by atoms with van der Waals surface area (Å²) >= 11 is 0. The monoisotopic (exact) mass is 542 g/mol. The number of aliphatic hydroxyl groups is 1. The molecule has 1 saturated carbocycles. The largest absolute Gasteiger partial charge is 0.444 e. The lowest BCUT2D eigenvalue weighted by Gasteiger charge is -2.34. The predicted molar refractivity (Wildman–Crippen MR) is 152 cm³/mol. The number of hydrogen-bond donors (Lipinski definition) is 2. The number of amides is 2. The highest BCUT2D eigenvalue weighted by atomic mass is 16.6. The van der Waals surface area contributed by atoms with E-state index in [9.17, 15) is 14.7 Å². The van der Waals surface area contributed by atoms with Crippen LogP contribution < -0.4 is 5.32 Å². The van der Waals surface area contributed by atoms with Crippen LogP contribution in [0.15, 0.2) is 67.1 Å². The van der Waals surface area contributed by atoms with E-state index < -0.39 is 23.8 Å². The number of hydrogen-bond acceptors (Lipinski definition) is 6. The summed E-state index contributed by atoms with van der Waals surface area (Å²) in [6, 6.07) is 14.6. The second-order valence-electron chi connectivity index (χ2n) is 11.9. The Morgan fingerprint density at radius 2 is 1.80 bits per heavy atom. The first kappa shape index (κ1) is 27.8. The zero-order valence-corrected chi connectivity index (χ0v) is 23.4. The van der Waals surface area contributed by atoms with Gasteiger partial charge in [0, 0.05) is 53.9 Å². The number of likely N-dealkylation sites (tertiary alicyclic amines) is 1. The van der Waals surface area contributed by atoms with E-state index >= 15 is 0 Å². The van der Waals surface area contributed by atoms with Crippen molar-refractivity contribution in [3.8, 4) is 0 Å². The Bertz CT molecular complexity index is 1300. The minimum absolute atomic E-state index is 0.140. The summed E-state index contributed by atoms with van der Waals surface area (Å²) in [5.41, 5.74) is 3.63. The first-order valence-electron chi connectivity index (χ1n) is 14.1. The number of nitrogens with one attached hydrogen (secondary N) is 1.